The van der Waals surface area contributed by atoms with E-state index in [2.05, 4.69) is 15.9 Å². The molecule has 26 heavy (non-hydrogen) atoms. The van der Waals surface area contributed by atoms with E-state index >= 15 is 0 Å². The summed E-state index contributed by atoms with van der Waals surface area (Å²) in [6.07, 6.45) is 0. The lowest BCUT2D eigenvalue weighted by Gasteiger charge is -2.16. The molecule has 140 valence electrons. The van der Waals surface area contributed by atoms with Crippen LogP contribution in [0.4, 0.5) is 0 Å². The van der Waals surface area contributed by atoms with Crippen LogP contribution in [0.5, 0.6) is 0 Å². The lowest BCUT2D eigenvalue weighted by Crippen LogP contribution is -2.29. The number of halogens is 2. The Morgan fingerprint density at radius 3 is 2.31 bits per heavy atom. The van der Waals surface area contributed by atoms with E-state index in [1.807, 2.05) is 31.2 Å². The molecule has 0 amide bonds. The first-order chi connectivity index (χ1) is 12.4. The van der Waals surface area contributed by atoms with Crippen LogP contribution in [0.3, 0.4) is 0 Å². The highest BCUT2D eigenvalue weighted by Crippen LogP contribution is 2.63. The van der Waals surface area contributed by atoms with Gasteiger partial charge in [-0.25, -0.2) is 8.42 Å². The van der Waals surface area contributed by atoms with Gasteiger partial charge in [-0.15, -0.1) is 0 Å². The monoisotopic (exact) mass is 457 g/mol. The summed E-state index contributed by atoms with van der Waals surface area (Å²) >= 11 is 9.33. The quantitative estimate of drug-likeness (QED) is 0.680. The van der Waals surface area contributed by atoms with E-state index in [0.29, 0.717) is 18.2 Å². The van der Waals surface area contributed by atoms with Crippen LogP contribution in [0, 0.1) is 5.41 Å². The molecule has 0 radical (unpaired) electrons. The average Bonchev–Trinajstić information content (AvgIpc) is 3.31. The molecule has 2 N–H and O–H groups in total. The van der Waals surface area contributed by atoms with Gasteiger partial charge in [0, 0.05) is 34.0 Å². The molecule has 2 aromatic carbocycles. The second-order valence-electron chi connectivity index (χ2n) is 6.52. The summed E-state index contributed by atoms with van der Waals surface area (Å²) in [6, 6.07) is 14.0. The molecule has 0 spiro atoms. The van der Waals surface area contributed by atoms with Crippen LogP contribution in [-0.4, -0.2) is 33.4 Å². The maximum absolute atomic E-state index is 13.3. The number of ether oxygens (including phenoxy) is 1. The van der Waals surface area contributed by atoms with Crippen LogP contribution < -0.4 is 5.73 Å². The summed E-state index contributed by atoms with van der Waals surface area (Å²) < 4.78 is 33.2. The van der Waals surface area contributed by atoms with Gasteiger partial charge in [-0.05, 0) is 48.9 Å². The largest absolute Gasteiger partial charge is 0.381 e. The summed E-state index contributed by atoms with van der Waals surface area (Å²) in [4.78, 5) is 0.265. The second kappa shape index (κ2) is 7.60. The van der Waals surface area contributed by atoms with Crippen LogP contribution in [0.25, 0.3) is 0 Å². The predicted octanol–water partition coefficient (Wildman–Crippen LogP) is 4.02. The number of benzene rings is 2. The Kier molecular flexibility index (Phi) is 5.80. The van der Waals surface area contributed by atoms with Gasteiger partial charge >= 0.3 is 0 Å². The minimum Gasteiger partial charge on any atom is -0.381 e. The fourth-order valence-corrected chi connectivity index (χ4v) is 6.49. The highest BCUT2D eigenvalue weighted by molar-refractivity contribution is 9.10. The van der Waals surface area contributed by atoms with E-state index in [-0.39, 0.29) is 17.4 Å². The Hall–Kier alpha value is -0.920. The standard InChI is InChI=1S/C19H21BrClNO3S/c1-2-25-12-19(11-22)17(13-3-5-14(20)6-4-13)18(19)26(23,24)16-9-7-15(21)8-10-16/h3-10,17-18H,2,11-12,22H2,1H3/t17-,18-,19+/m0/s1. The molecule has 3 rings (SSSR count). The van der Waals surface area contributed by atoms with E-state index in [1.165, 1.54) is 0 Å². The zero-order valence-corrected chi connectivity index (χ0v) is 17.5. The molecule has 3 atom stereocenters. The van der Waals surface area contributed by atoms with Crippen molar-refractivity contribution in [3.8, 4) is 0 Å². The van der Waals surface area contributed by atoms with Crippen LogP contribution in [0.1, 0.15) is 18.4 Å². The first-order valence-corrected chi connectivity index (χ1v) is 11.1. The molecule has 1 fully saturated rings. The van der Waals surface area contributed by atoms with Crippen molar-refractivity contribution >= 4 is 37.4 Å². The fraction of sp³-hybridized carbons (Fsp3) is 0.368. The molecule has 0 heterocycles. The molecule has 0 aromatic heterocycles. The lowest BCUT2D eigenvalue weighted by molar-refractivity contribution is 0.101. The van der Waals surface area contributed by atoms with Crippen molar-refractivity contribution in [3.63, 3.8) is 0 Å². The summed E-state index contributed by atoms with van der Waals surface area (Å²) in [7, 11) is -3.57. The Morgan fingerprint density at radius 1 is 1.15 bits per heavy atom. The van der Waals surface area contributed by atoms with Gasteiger partial charge in [0.15, 0.2) is 9.84 Å². The van der Waals surface area contributed by atoms with Gasteiger partial charge in [0.25, 0.3) is 0 Å². The summed E-state index contributed by atoms with van der Waals surface area (Å²) in [5.74, 6) is -0.201. The molecular weight excluding hydrogens is 438 g/mol. The van der Waals surface area contributed by atoms with Crippen molar-refractivity contribution in [3.05, 3.63) is 63.6 Å². The molecule has 0 bridgehead atoms. The third-order valence-corrected chi connectivity index (χ3v) is 8.16. The highest BCUT2D eigenvalue weighted by atomic mass is 79.9. The molecule has 7 heteroatoms. The Balaban J connectivity index is 2.03. The van der Waals surface area contributed by atoms with E-state index in [0.717, 1.165) is 10.0 Å². The van der Waals surface area contributed by atoms with Crippen molar-refractivity contribution in [2.45, 2.75) is 23.0 Å². The maximum atomic E-state index is 13.3. The highest BCUT2D eigenvalue weighted by Gasteiger charge is 2.70. The molecule has 0 unspecified atom stereocenters. The van der Waals surface area contributed by atoms with E-state index in [4.69, 9.17) is 22.1 Å². The van der Waals surface area contributed by atoms with Crippen molar-refractivity contribution in [1.82, 2.24) is 0 Å². The second-order valence-corrected chi connectivity index (χ2v) is 9.94. The predicted molar refractivity (Wildman–Crippen MR) is 107 cm³/mol. The van der Waals surface area contributed by atoms with E-state index in [1.54, 1.807) is 24.3 Å². The zero-order valence-electron chi connectivity index (χ0n) is 14.4. The summed E-state index contributed by atoms with van der Waals surface area (Å²) in [5, 5.41) is -0.113. The molecule has 0 saturated heterocycles. The van der Waals surface area contributed by atoms with E-state index < -0.39 is 20.5 Å². The normalized spacial score (nSPS) is 25.2. The minimum atomic E-state index is -3.57. The number of rotatable bonds is 7. The third kappa shape index (κ3) is 3.45. The average molecular weight is 459 g/mol. The molecule has 1 aliphatic carbocycles. The van der Waals surface area contributed by atoms with Crippen LogP contribution in [0.2, 0.25) is 5.02 Å². The number of hydrogen-bond donors (Lipinski definition) is 1. The molecule has 1 saturated carbocycles. The molecule has 0 aliphatic heterocycles. The molecule has 1 aliphatic rings. The van der Waals surface area contributed by atoms with Gasteiger partial charge in [0.05, 0.1) is 16.8 Å². The SMILES string of the molecule is CCOC[C@]1(CN)[C@@H](c2ccc(Br)cc2)[C@@H]1S(=O)(=O)c1ccc(Cl)cc1. The van der Waals surface area contributed by atoms with Gasteiger partial charge in [-0.2, -0.15) is 0 Å². The van der Waals surface area contributed by atoms with Crippen molar-refractivity contribution in [2.24, 2.45) is 11.1 Å². The first-order valence-electron chi connectivity index (χ1n) is 8.39. The topological polar surface area (TPSA) is 69.4 Å². The third-order valence-electron chi connectivity index (χ3n) is 5.04. The first kappa shape index (κ1) is 19.8. The Labute approximate surface area is 167 Å². The molecule has 4 nitrogen and oxygen atoms in total. The van der Waals surface area contributed by atoms with Crippen LogP contribution in [0.15, 0.2) is 57.9 Å². The van der Waals surface area contributed by atoms with Gasteiger partial charge in [-0.1, -0.05) is 39.7 Å². The van der Waals surface area contributed by atoms with Gasteiger partial charge in [0.2, 0.25) is 0 Å². The molecular formula is C19H21BrClNO3S. The number of nitrogens with two attached hydrogens (primary N) is 1. The Bertz CT molecular complexity index is 871. The maximum Gasteiger partial charge on any atom is 0.182 e. The number of hydrogen-bond acceptors (Lipinski definition) is 4. The van der Waals surface area contributed by atoms with Crippen LogP contribution >= 0.6 is 27.5 Å². The van der Waals surface area contributed by atoms with Crippen molar-refractivity contribution in [1.29, 1.82) is 0 Å². The van der Waals surface area contributed by atoms with Gasteiger partial charge in [0.1, 0.15) is 0 Å². The minimum absolute atomic E-state index is 0.201. The van der Waals surface area contributed by atoms with Crippen molar-refractivity contribution < 1.29 is 13.2 Å². The summed E-state index contributed by atoms with van der Waals surface area (Å²) in [6.45, 7) is 2.97. The fourth-order valence-electron chi connectivity index (χ4n) is 3.66. The molecule has 2 aromatic rings. The number of sulfone groups is 1. The van der Waals surface area contributed by atoms with Gasteiger partial charge < -0.3 is 10.5 Å². The van der Waals surface area contributed by atoms with Crippen molar-refractivity contribution in [2.75, 3.05) is 19.8 Å². The zero-order chi connectivity index (χ0) is 18.9. The Morgan fingerprint density at radius 2 is 1.77 bits per heavy atom. The van der Waals surface area contributed by atoms with E-state index in [9.17, 15) is 8.42 Å². The smallest absolute Gasteiger partial charge is 0.182 e. The van der Waals surface area contributed by atoms with Gasteiger partial charge in [-0.3, -0.25) is 0 Å². The summed E-state index contributed by atoms with van der Waals surface area (Å²) in [5.41, 5.74) is 6.42. The van der Waals surface area contributed by atoms with Crippen LogP contribution in [-0.2, 0) is 14.6 Å². The lowest BCUT2D eigenvalue weighted by atomic mass is 10.00.